The lowest BCUT2D eigenvalue weighted by atomic mass is 10.1. The zero-order valence-corrected chi connectivity index (χ0v) is 15.1. The number of anilines is 1. The van der Waals surface area contributed by atoms with Gasteiger partial charge in [0.2, 0.25) is 5.91 Å². The molecule has 1 saturated heterocycles. The van der Waals surface area contributed by atoms with Gasteiger partial charge in [0, 0.05) is 44.4 Å². The maximum atomic E-state index is 13.1. The van der Waals surface area contributed by atoms with E-state index in [-0.39, 0.29) is 11.8 Å². The van der Waals surface area contributed by atoms with Crippen LogP contribution < -0.4 is 4.90 Å². The first kappa shape index (κ1) is 18.1. The molecule has 136 valence electrons. The summed E-state index contributed by atoms with van der Waals surface area (Å²) in [6.45, 7) is 2.23. The minimum Gasteiger partial charge on any atom is -0.383 e. The van der Waals surface area contributed by atoms with E-state index in [9.17, 15) is 9.59 Å². The number of hydrogen-bond acceptors (Lipinski definition) is 3. The number of rotatable bonds is 7. The number of carbonyl (C=O) groups excluding carboxylic acids is 2. The van der Waals surface area contributed by atoms with Crippen molar-refractivity contribution in [3.63, 3.8) is 0 Å². The maximum absolute atomic E-state index is 13.1. The van der Waals surface area contributed by atoms with E-state index in [1.807, 2.05) is 48.5 Å². The Bertz CT molecular complexity index is 761. The lowest BCUT2D eigenvalue weighted by Crippen LogP contribution is -2.33. The SMILES string of the molecule is COCCN(Cc1ccccc1)C(=O)c1cccc(N2CCCC2=O)c1. The van der Waals surface area contributed by atoms with Gasteiger partial charge in [0.15, 0.2) is 0 Å². The summed E-state index contributed by atoms with van der Waals surface area (Å²) in [6.07, 6.45) is 1.44. The monoisotopic (exact) mass is 352 g/mol. The van der Waals surface area contributed by atoms with Crippen LogP contribution in [0.25, 0.3) is 0 Å². The first-order valence-electron chi connectivity index (χ1n) is 8.91. The summed E-state index contributed by atoms with van der Waals surface area (Å²) in [7, 11) is 1.63. The average Bonchev–Trinajstić information content (AvgIpc) is 3.11. The third-order valence-corrected chi connectivity index (χ3v) is 4.55. The topological polar surface area (TPSA) is 49.9 Å². The van der Waals surface area contributed by atoms with Gasteiger partial charge in [-0.3, -0.25) is 9.59 Å². The van der Waals surface area contributed by atoms with Crippen LogP contribution in [0.5, 0.6) is 0 Å². The third kappa shape index (κ3) is 4.29. The molecule has 1 heterocycles. The number of hydrogen-bond donors (Lipinski definition) is 0. The molecule has 1 aliphatic rings. The Labute approximate surface area is 154 Å². The zero-order chi connectivity index (χ0) is 18.4. The van der Waals surface area contributed by atoms with Crippen molar-refractivity contribution < 1.29 is 14.3 Å². The Balaban J connectivity index is 1.80. The molecule has 2 aromatic carbocycles. The summed E-state index contributed by atoms with van der Waals surface area (Å²) in [5, 5.41) is 0. The molecule has 0 atom stereocenters. The Morgan fingerprint density at radius 2 is 1.96 bits per heavy atom. The lowest BCUT2D eigenvalue weighted by Gasteiger charge is -2.23. The Hall–Kier alpha value is -2.66. The van der Waals surface area contributed by atoms with Crippen molar-refractivity contribution in [3.8, 4) is 0 Å². The molecule has 0 aliphatic carbocycles. The highest BCUT2D eigenvalue weighted by molar-refractivity contribution is 5.99. The molecular weight excluding hydrogens is 328 g/mol. The van der Waals surface area contributed by atoms with Gasteiger partial charge >= 0.3 is 0 Å². The van der Waals surface area contributed by atoms with Crippen LogP contribution in [0.2, 0.25) is 0 Å². The van der Waals surface area contributed by atoms with Gasteiger partial charge < -0.3 is 14.5 Å². The van der Waals surface area contributed by atoms with Gasteiger partial charge in [-0.05, 0) is 30.2 Å². The lowest BCUT2D eigenvalue weighted by molar-refractivity contribution is -0.117. The van der Waals surface area contributed by atoms with Crippen LogP contribution in [0.3, 0.4) is 0 Å². The predicted octanol–water partition coefficient (Wildman–Crippen LogP) is 3.10. The molecule has 0 bridgehead atoms. The van der Waals surface area contributed by atoms with Gasteiger partial charge in [0.05, 0.1) is 6.61 Å². The first-order chi connectivity index (χ1) is 12.7. The van der Waals surface area contributed by atoms with Gasteiger partial charge in [-0.1, -0.05) is 36.4 Å². The van der Waals surface area contributed by atoms with Crippen LogP contribution >= 0.6 is 0 Å². The van der Waals surface area contributed by atoms with Gasteiger partial charge in [-0.25, -0.2) is 0 Å². The van der Waals surface area contributed by atoms with Gasteiger partial charge in [-0.15, -0.1) is 0 Å². The second kappa shape index (κ2) is 8.63. The molecule has 1 fully saturated rings. The van der Waals surface area contributed by atoms with Crippen LogP contribution in [0, 0.1) is 0 Å². The number of amides is 2. The summed E-state index contributed by atoms with van der Waals surface area (Å²) in [4.78, 5) is 28.6. The molecule has 26 heavy (non-hydrogen) atoms. The normalized spacial score (nSPS) is 13.9. The molecule has 2 aromatic rings. The molecule has 0 aromatic heterocycles. The smallest absolute Gasteiger partial charge is 0.254 e. The van der Waals surface area contributed by atoms with Crippen LogP contribution in [-0.2, 0) is 16.1 Å². The number of nitrogens with zero attached hydrogens (tertiary/aromatic N) is 2. The molecular formula is C21H24N2O3. The quantitative estimate of drug-likeness (QED) is 0.769. The average molecular weight is 352 g/mol. The fourth-order valence-electron chi connectivity index (χ4n) is 3.17. The van der Waals surface area contributed by atoms with E-state index in [1.54, 1.807) is 23.0 Å². The summed E-state index contributed by atoms with van der Waals surface area (Å²) in [5.74, 6) is 0.0644. The van der Waals surface area contributed by atoms with Crippen molar-refractivity contribution in [3.05, 3.63) is 65.7 Å². The molecule has 2 amide bonds. The molecule has 0 radical (unpaired) electrons. The van der Waals surface area contributed by atoms with Crippen molar-refractivity contribution in [2.24, 2.45) is 0 Å². The van der Waals surface area contributed by atoms with Crippen LogP contribution in [0.15, 0.2) is 54.6 Å². The highest BCUT2D eigenvalue weighted by Gasteiger charge is 2.23. The highest BCUT2D eigenvalue weighted by atomic mass is 16.5. The number of carbonyl (C=O) groups is 2. The van der Waals surface area contributed by atoms with Gasteiger partial charge in [-0.2, -0.15) is 0 Å². The molecule has 3 rings (SSSR count). The Morgan fingerprint density at radius 3 is 2.65 bits per heavy atom. The van der Waals surface area contributed by atoms with Crippen LogP contribution in [0.1, 0.15) is 28.8 Å². The Kier molecular flexibility index (Phi) is 6.02. The van der Waals surface area contributed by atoms with Crippen molar-refractivity contribution in [1.29, 1.82) is 0 Å². The zero-order valence-electron chi connectivity index (χ0n) is 15.1. The summed E-state index contributed by atoms with van der Waals surface area (Å²) in [5.41, 5.74) is 2.46. The predicted molar refractivity (Wildman–Crippen MR) is 101 cm³/mol. The number of benzene rings is 2. The molecule has 0 unspecified atom stereocenters. The summed E-state index contributed by atoms with van der Waals surface area (Å²) < 4.78 is 5.17. The second-order valence-corrected chi connectivity index (χ2v) is 6.40. The Morgan fingerprint density at radius 1 is 1.15 bits per heavy atom. The van der Waals surface area contributed by atoms with Crippen LogP contribution in [-0.4, -0.2) is 43.5 Å². The number of ether oxygens (including phenoxy) is 1. The van der Waals surface area contributed by atoms with Gasteiger partial charge in [0.1, 0.15) is 0 Å². The van der Waals surface area contributed by atoms with E-state index in [1.165, 1.54) is 0 Å². The van der Waals surface area contributed by atoms with Crippen molar-refractivity contribution in [2.75, 3.05) is 31.7 Å². The van der Waals surface area contributed by atoms with Gasteiger partial charge in [0.25, 0.3) is 5.91 Å². The van der Waals surface area contributed by atoms with Crippen molar-refractivity contribution in [1.82, 2.24) is 4.90 Å². The molecule has 1 aliphatic heterocycles. The summed E-state index contributed by atoms with van der Waals surface area (Å²) >= 11 is 0. The largest absolute Gasteiger partial charge is 0.383 e. The van der Waals surface area contributed by atoms with E-state index in [4.69, 9.17) is 4.74 Å². The summed E-state index contributed by atoms with van der Waals surface area (Å²) in [6, 6.07) is 17.2. The fourth-order valence-corrected chi connectivity index (χ4v) is 3.17. The molecule has 5 nitrogen and oxygen atoms in total. The highest BCUT2D eigenvalue weighted by Crippen LogP contribution is 2.23. The first-order valence-corrected chi connectivity index (χ1v) is 8.91. The molecule has 0 saturated carbocycles. The van der Waals surface area contributed by atoms with Crippen LogP contribution in [0.4, 0.5) is 5.69 Å². The minimum absolute atomic E-state index is 0.0561. The standard InChI is InChI=1S/C21H24N2O3/c1-26-14-13-22(16-17-7-3-2-4-8-17)21(25)18-9-5-10-19(15-18)23-12-6-11-20(23)24/h2-5,7-10,15H,6,11-14,16H2,1H3. The molecule has 5 heteroatoms. The van der Waals surface area contributed by atoms with E-state index in [0.29, 0.717) is 38.2 Å². The maximum Gasteiger partial charge on any atom is 0.254 e. The van der Waals surface area contributed by atoms with E-state index >= 15 is 0 Å². The van der Waals surface area contributed by atoms with E-state index < -0.39 is 0 Å². The second-order valence-electron chi connectivity index (χ2n) is 6.40. The molecule has 0 N–H and O–H groups in total. The number of methoxy groups -OCH3 is 1. The van der Waals surface area contributed by atoms with E-state index in [2.05, 4.69) is 0 Å². The minimum atomic E-state index is -0.0561. The van der Waals surface area contributed by atoms with Crippen molar-refractivity contribution in [2.45, 2.75) is 19.4 Å². The third-order valence-electron chi connectivity index (χ3n) is 4.55. The van der Waals surface area contributed by atoms with Crippen molar-refractivity contribution >= 4 is 17.5 Å². The molecule has 0 spiro atoms. The fraction of sp³-hybridized carbons (Fsp3) is 0.333. The van der Waals surface area contributed by atoms with E-state index in [0.717, 1.165) is 17.7 Å².